The highest BCUT2D eigenvalue weighted by Gasteiger charge is 2.34. The van der Waals surface area contributed by atoms with Crippen molar-refractivity contribution < 1.29 is 26.3 Å². The molecule has 0 spiro atoms. The summed E-state index contributed by atoms with van der Waals surface area (Å²) in [6.45, 7) is 2.58. The van der Waals surface area contributed by atoms with Crippen LogP contribution in [0.25, 0.3) is 11.0 Å². The SMILES string of the molecule is CCCCOc1ccc(S(=O)(=O)Nc2ccc3nc(C(F)(F)F)[nH]c3c2)cc1. The number of rotatable bonds is 7. The summed E-state index contributed by atoms with van der Waals surface area (Å²) in [5.74, 6) is -0.577. The average molecular weight is 413 g/mol. The molecule has 0 saturated carbocycles. The standard InChI is InChI=1S/C18H18F3N3O3S/c1-2-3-10-27-13-5-7-14(8-6-13)28(25,26)24-12-4-9-15-16(11-12)23-17(22-15)18(19,20)21/h4-9,11,24H,2-3,10H2,1H3,(H,22,23). The van der Waals surface area contributed by atoms with Gasteiger partial charge in [0.1, 0.15) is 5.75 Å². The minimum Gasteiger partial charge on any atom is -0.494 e. The van der Waals surface area contributed by atoms with Crippen molar-refractivity contribution in [3.63, 3.8) is 0 Å². The average Bonchev–Trinajstić information content (AvgIpc) is 3.06. The van der Waals surface area contributed by atoms with Gasteiger partial charge in [-0.25, -0.2) is 13.4 Å². The van der Waals surface area contributed by atoms with Crippen molar-refractivity contribution in [1.29, 1.82) is 0 Å². The molecule has 0 aliphatic rings. The lowest BCUT2D eigenvalue weighted by atomic mass is 10.3. The van der Waals surface area contributed by atoms with Crippen molar-refractivity contribution in [3.05, 3.63) is 48.3 Å². The summed E-state index contributed by atoms with van der Waals surface area (Å²) >= 11 is 0. The molecular weight excluding hydrogens is 395 g/mol. The number of nitrogens with zero attached hydrogens (tertiary/aromatic N) is 1. The number of hydrogen-bond donors (Lipinski definition) is 2. The molecule has 28 heavy (non-hydrogen) atoms. The molecule has 10 heteroatoms. The van der Waals surface area contributed by atoms with Crippen LogP contribution < -0.4 is 9.46 Å². The van der Waals surface area contributed by atoms with Gasteiger partial charge in [-0.2, -0.15) is 13.2 Å². The van der Waals surface area contributed by atoms with E-state index >= 15 is 0 Å². The van der Waals surface area contributed by atoms with Gasteiger partial charge in [-0.15, -0.1) is 0 Å². The number of fused-ring (bicyclic) bond motifs is 1. The van der Waals surface area contributed by atoms with E-state index in [-0.39, 0.29) is 21.6 Å². The molecule has 0 fully saturated rings. The number of benzene rings is 2. The fourth-order valence-electron chi connectivity index (χ4n) is 2.47. The lowest BCUT2D eigenvalue weighted by Gasteiger charge is -2.09. The van der Waals surface area contributed by atoms with Crippen molar-refractivity contribution in [2.75, 3.05) is 11.3 Å². The second-order valence-electron chi connectivity index (χ2n) is 6.09. The maximum atomic E-state index is 12.7. The molecule has 0 atom stereocenters. The lowest BCUT2D eigenvalue weighted by molar-refractivity contribution is -0.144. The topological polar surface area (TPSA) is 84.1 Å². The van der Waals surface area contributed by atoms with Crippen LogP contribution in [0.4, 0.5) is 18.9 Å². The number of imidazole rings is 1. The number of sulfonamides is 1. The van der Waals surface area contributed by atoms with Gasteiger partial charge in [-0.3, -0.25) is 4.72 Å². The van der Waals surface area contributed by atoms with Crippen LogP contribution in [0.3, 0.4) is 0 Å². The summed E-state index contributed by atoms with van der Waals surface area (Å²) in [5, 5.41) is 0. The normalized spacial score (nSPS) is 12.3. The third kappa shape index (κ3) is 4.56. The molecule has 0 aliphatic carbocycles. The number of hydrogen-bond acceptors (Lipinski definition) is 4. The third-order valence-corrected chi connectivity index (χ3v) is 5.30. The van der Waals surface area contributed by atoms with Crippen LogP contribution in [-0.2, 0) is 16.2 Å². The summed E-state index contributed by atoms with van der Waals surface area (Å²) in [6.07, 6.45) is -2.73. The van der Waals surface area contributed by atoms with Crippen LogP contribution in [0.1, 0.15) is 25.6 Å². The highest BCUT2D eigenvalue weighted by atomic mass is 32.2. The van der Waals surface area contributed by atoms with Crippen molar-refractivity contribution in [2.45, 2.75) is 30.8 Å². The van der Waals surface area contributed by atoms with Gasteiger partial charge in [-0.1, -0.05) is 13.3 Å². The van der Waals surface area contributed by atoms with Crippen LogP contribution in [0.2, 0.25) is 0 Å². The van der Waals surface area contributed by atoms with E-state index in [1.54, 1.807) is 12.1 Å². The first-order chi connectivity index (χ1) is 13.2. The van der Waals surface area contributed by atoms with E-state index in [4.69, 9.17) is 4.74 Å². The predicted octanol–water partition coefficient (Wildman–Crippen LogP) is 4.56. The predicted molar refractivity (Wildman–Crippen MR) is 98.7 cm³/mol. The van der Waals surface area contributed by atoms with Crippen LogP contribution in [-0.4, -0.2) is 25.0 Å². The Balaban J connectivity index is 1.78. The highest BCUT2D eigenvalue weighted by Crippen LogP contribution is 2.29. The van der Waals surface area contributed by atoms with Gasteiger partial charge in [0, 0.05) is 0 Å². The molecule has 0 unspecified atom stereocenters. The van der Waals surface area contributed by atoms with Gasteiger partial charge in [0.15, 0.2) is 0 Å². The first kappa shape index (κ1) is 20.0. The van der Waals surface area contributed by atoms with Gasteiger partial charge in [0.2, 0.25) is 5.82 Å². The Morgan fingerprint density at radius 1 is 1.14 bits per heavy atom. The zero-order chi connectivity index (χ0) is 20.4. The maximum Gasteiger partial charge on any atom is 0.449 e. The Hall–Kier alpha value is -2.75. The summed E-state index contributed by atoms with van der Waals surface area (Å²) < 4.78 is 71.1. The number of H-pyrrole nitrogens is 1. The number of aromatic nitrogens is 2. The van der Waals surface area contributed by atoms with Gasteiger partial charge < -0.3 is 9.72 Å². The molecule has 0 aliphatic heterocycles. The van der Waals surface area contributed by atoms with E-state index in [0.29, 0.717) is 12.4 Å². The second-order valence-corrected chi connectivity index (χ2v) is 7.78. The van der Waals surface area contributed by atoms with Gasteiger partial charge in [0.25, 0.3) is 10.0 Å². The molecule has 1 aromatic heterocycles. The van der Waals surface area contributed by atoms with E-state index in [9.17, 15) is 21.6 Å². The molecule has 1 heterocycles. The summed E-state index contributed by atoms with van der Waals surface area (Å²) in [5.41, 5.74) is 0.282. The molecule has 0 saturated heterocycles. The summed E-state index contributed by atoms with van der Waals surface area (Å²) in [7, 11) is -3.91. The van der Waals surface area contributed by atoms with Crippen LogP contribution in [0.5, 0.6) is 5.75 Å². The van der Waals surface area contributed by atoms with Crippen molar-refractivity contribution in [2.24, 2.45) is 0 Å². The minimum absolute atomic E-state index is 0.0102. The smallest absolute Gasteiger partial charge is 0.449 e. The van der Waals surface area contributed by atoms with Crippen LogP contribution in [0, 0.1) is 0 Å². The first-order valence-electron chi connectivity index (χ1n) is 8.52. The number of halogens is 3. The Labute approximate surface area is 159 Å². The number of aromatic amines is 1. The largest absolute Gasteiger partial charge is 0.494 e. The number of anilines is 1. The van der Waals surface area contributed by atoms with E-state index in [0.717, 1.165) is 12.8 Å². The first-order valence-corrected chi connectivity index (χ1v) is 10.00. The molecule has 150 valence electrons. The summed E-state index contributed by atoms with van der Waals surface area (Å²) in [4.78, 5) is 5.60. The molecule has 2 N–H and O–H groups in total. The summed E-state index contributed by atoms with van der Waals surface area (Å²) in [6, 6.07) is 9.83. The third-order valence-electron chi connectivity index (χ3n) is 3.90. The maximum absolute atomic E-state index is 12.7. The zero-order valence-electron chi connectivity index (χ0n) is 14.9. The quantitative estimate of drug-likeness (QED) is 0.556. The van der Waals surface area contributed by atoms with Gasteiger partial charge in [0.05, 0.1) is 28.2 Å². The molecule has 0 bridgehead atoms. The Morgan fingerprint density at radius 3 is 2.50 bits per heavy atom. The van der Waals surface area contributed by atoms with Crippen molar-refractivity contribution in [3.8, 4) is 5.75 Å². The van der Waals surface area contributed by atoms with Gasteiger partial charge >= 0.3 is 6.18 Å². The monoisotopic (exact) mass is 413 g/mol. The fraction of sp³-hybridized carbons (Fsp3) is 0.278. The number of ether oxygens (including phenoxy) is 1. The molecular formula is C18H18F3N3O3S. The van der Waals surface area contributed by atoms with E-state index in [1.165, 1.54) is 30.3 Å². The molecule has 6 nitrogen and oxygen atoms in total. The fourth-order valence-corrected chi connectivity index (χ4v) is 3.52. The molecule has 3 aromatic rings. The Morgan fingerprint density at radius 2 is 1.86 bits per heavy atom. The highest BCUT2D eigenvalue weighted by molar-refractivity contribution is 7.92. The number of alkyl halides is 3. The molecule has 0 amide bonds. The second kappa shape index (κ2) is 7.70. The number of unbranched alkanes of at least 4 members (excludes halogenated alkanes) is 1. The van der Waals surface area contributed by atoms with Crippen LogP contribution >= 0.6 is 0 Å². The van der Waals surface area contributed by atoms with Gasteiger partial charge in [-0.05, 0) is 48.9 Å². The molecule has 3 rings (SSSR count). The molecule has 2 aromatic carbocycles. The molecule has 0 radical (unpaired) electrons. The Bertz CT molecular complexity index is 1060. The lowest BCUT2D eigenvalue weighted by Crippen LogP contribution is -2.12. The minimum atomic E-state index is -4.61. The zero-order valence-corrected chi connectivity index (χ0v) is 15.7. The number of nitrogens with one attached hydrogen (secondary N) is 2. The van der Waals surface area contributed by atoms with Crippen molar-refractivity contribution >= 4 is 26.7 Å². The van der Waals surface area contributed by atoms with Crippen LogP contribution in [0.15, 0.2) is 47.4 Å². The van der Waals surface area contributed by atoms with E-state index in [1.807, 2.05) is 6.92 Å². The van der Waals surface area contributed by atoms with E-state index < -0.39 is 22.0 Å². The van der Waals surface area contributed by atoms with Crippen molar-refractivity contribution in [1.82, 2.24) is 9.97 Å². The van der Waals surface area contributed by atoms with E-state index in [2.05, 4.69) is 14.7 Å². The Kier molecular flexibility index (Phi) is 5.50.